The highest BCUT2D eigenvalue weighted by Crippen LogP contribution is 2.36. The molecule has 0 aromatic heterocycles. The van der Waals surface area contributed by atoms with Crippen molar-refractivity contribution in [1.29, 1.82) is 0 Å². The molecule has 3 N–H and O–H groups in total. The number of hydrogen-bond acceptors (Lipinski definition) is 3. The lowest BCUT2D eigenvalue weighted by Gasteiger charge is -2.21. The van der Waals surface area contributed by atoms with Crippen LogP contribution in [0.4, 0.5) is 0 Å². The summed E-state index contributed by atoms with van der Waals surface area (Å²) in [7, 11) is 0. The Bertz CT molecular complexity index is 655. The van der Waals surface area contributed by atoms with E-state index in [1.807, 2.05) is 17.9 Å². The van der Waals surface area contributed by atoms with Gasteiger partial charge in [0.05, 0.1) is 19.7 Å². The standard InChI is InChI=1S/C12H17NO2.C6H11NO.C6H12.3C2H2/c1-2-15-12-10(4-3-5-11(12)14)9-6-7-13-8-9;8-6-7-4-2-1-3-5-7;1-2-4-6-5-3-1;3*1-2/h3-5,9,13-14H,2,6-8H2,1H3;6H,1-5H2;1-6H2;3*1-2H/p+1/t9-;;;;;/m0...../s1. The van der Waals surface area contributed by atoms with Crippen LogP contribution in [-0.4, -0.2) is 49.2 Å². The maximum atomic E-state index is 10.1. The number of aromatic hydroxyl groups is 1. The van der Waals surface area contributed by atoms with Crippen LogP contribution in [0.2, 0.25) is 0 Å². The molecule has 3 fully saturated rings. The molecule has 5 heteroatoms. The second-order valence-electron chi connectivity index (χ2n) is 8.25. The minimum Gasteiger partial charge on any atom is -0.504 e. The predicted molar refractivity (Wildman–Crippen MR) is 147 cm³/mol. The van der Waals surface area contributed by atoms with E-state index < -0.39 is 0 Å². The van der Waals surface area contributed by atoms with Gasteiger partial charge in [0.1, 0.15) is 0 Å². The fraction of sp³-hybridized carbons (Fsp3) is 0.567. The molecule has 35 heavy (non-hydrogen) atoms. The van der Waals surface area contributed by atoms with Gasteiger partial charge in [0.2, 0.25) is 6.41 Å². The molecule has 0 spiro atoms. The number of phenolic OH excluding ortho intramolecular Hbond substituents is 1. The number of para-hydroxylation sites is 1. The summed E-state index contributed by atoms with van der Waals surface area (Å²) in [6, 6.07) is 5.65. The Morgan fingerprint density at radius 2 is 1.46 bits per heavy atom. The van der Waals surface area contributed by atoms with E-state index in [9.17, 15) is 9.90 Å². The highest BCUT2D eigenvalue weighted by atomic mass is 16.5. The average molecular weight is 484 g/mol. The van der Waals surface area contributed by atoms with Crippen LogP contribution in [0, 0.1) is 38.5 Å². The maximum absolute atomic E-state index is 10.1. The van der Waals surface area contributed by atoms with Crippen molar-refractivity contribution in [2.75, 3.05) is 32.8 Å². The van der Waals surface area contributed by atoms with Gasteiger partial charge in [-0.2, -0.15) is 0 Å². The molecule has 1 atom stereocenters. The molecule has 1 amide bonds. The van der Waals surface area contributed by atoms with E-state index in [2.05, 4.69) is 49.9 Å². The summed E-state index contributed by atoms with van der Waals surface area (Å²) < 4.78 is 5.52. The second-order valence-corrected chi connectivity index (χ2v) is 8.25. The lowest BCUT2D eigenvalue weighted by molar-refractivity contribution is -0.636. The van der Waals surface area contributed by atoms with Crippen LogP contribution in [0.15, 0.2) is 18.2 Å². The largest absolute Gasteiger partial charge is 0.504 e. The molecule has 1 aliphatic carbocycles. The molecule has 1 aromatic rings. The van der Waals surface area contributed by atoms with Gasteiger partial charge in [0.15, 0.2) is 11.5 Å². The Morgan fingerprint density at radius 1 is 0.943 bits per heavy atom. The number of terminal acetylenes is 3. The third kappa shape index (κ3) is 15.5. The number of nitrogens with two attached hydrogens (primary N) is 1. The molecule has 0 bridgehead atoms. The first-order valence-electron chi connectivity index (χ1n) is 12.7. The molecule has 2 heterocycles. The molecular weight excluding hydrogens is 436 g/mol. The molecule has 2 aliphatic heterocycles. The van der Waals surface area contributed by atoms with Crippen LogP contribution in [-0.2, 0) is 4.79 Å². The van der Waals surface area contributed by atoms with Crippen molar-refractivity contribution in [3.05, 3.63) is 23.8 Å². The van der Waals surface area contributed by atoms with E-state index in [0.717, 1.165) is 31.6 Å². The SMILES string of the molecule is C#C.C#C.C#C.C1CCCCC1.CCOc1c(O)cccc1[C@H]1CC[NH2+]C1.O=CN1CCCCC1. The minimum atomic E-state index is 0.265. The number of phenols is 1. The van der Waals surface area contributed by atoms with E-state index in [1.54, 1.807) is 6.07 Å². The fourth-order valence-corrected chi connectivity index (χ4v) is 4.29. The number of likely N-dealkylation sites (tertiary alicyclic amines) is 1. The number of benzene rings is 1. The summed E-state index contributed by atoms with van der Waals surface area (Å²) in [6.07, 6.45) is 38.8. The molecule has 1 saturated carbocycles. The summed E-state index contributed by atoms with van der Waals surface area (Å²) in [6.45, 7) is 6.76. The number of piperidine rings is 1. The van der Waals surface area contributed by atoms with Gasteiger partial charge < -0.3 is 20.1 Å². The summed E-state index contributed by atoms with van der Waals surface area (Å²) in [4.78, 5) is 11.9. The van der Waals surface area contributed by atoms with Gasteiger partial charge in [-0.15, -0.1) is 38.5 Å². The normalized spacial score (nSPS) is 17.8. The minimum absolute atomic E-state index is 0.265. The zero-order valence-electron chi connectivity index (χ0n) is 21.7. The van der Waals surface area contributed by atoms with Crippen molar-refractivity contribution in [2.24, 2.45) is 0 Å². The second kappa shape index (κ2) is 25.6. The fourth-order valence-electron chi connectivity index (χ4n) is 4.29. The summed E-state index contributed by atoms with van der Waals surface area (Å²) in [5.74, 6) is 1.47. The lowest BCUT2D eigenvalue weighted by atomic mass is 9.97. The Hall–Kier alpha value is -3.07. The van der Waals surface area contributed by atoms with Crippen LogP contribution in [0.3, 0.4) is 0 Å². The summed E-state index contributed by atoms with van der Waals surface area (Å²) in [5, 5.41) is 12.1. The maximum Gasteiger partial charge on any atom is 0.209 e. The van der Waals surface area contributed by atoms with Gasteiger partial charge in [0, 0.05) is 31.0 Å². The number of hydrogen-bond donors (Lipinski definition) is 2. The molecular formula is C30H47N2O3+. The van der Waals surface area contributed by atoms with Crippen LogP contribution in [0.1, 0.15) is 82.6 Å². The van der Waals surface area contributed by atoms with Crippen LogP contribution >= 0.6 is 0 Å². The number of rotatable bonds is 4. The molecule has 194 valence electrons. The third-order valence-electron chi connectivity index (χ3n) is 5.96. The molecule has 4 rings (SSSR count). The topological polar surface area (TPSA) is 66.4 Å². The van der Waals surface area contributed by atoms with Gasteiger partial charge in [-0.25, -0.2) is 0 Å². The van der Waals surface area contributed by atoms with Gasteiger partial charge in [-0.1, -0.05) is 50.7 Å². The number of quaternary nitrogens is 1. The van der Waals surface area contributed by atoms with Gasteiger partial charge >= 0.3 is 0 Å². The highest BCUT2D eigenvalue weighted by Gasteiger charge is 2.24. The number of carbonyl (C=O) groups excluding carboxylic acids is 1. The smallest absolute Gasteiger partial charge is 0.209 e. The predicted octanol–water partition coefficient (Wildman–Crippen LogP) is 4.56. The number of carbonyl (C=O) groups is 1. The van der Waals surface area contributed by atoms with E-state index in [1.165, 1.54) is 70.8 Å². The Labute approximate surface area is 215 Å². The van der Waals surface area contributed by atoms with Crippen molar-refractivity contribution in [2.45, 2.75) is 77.0 Å². The quantitative estimate of drug-likeness (QED) is 0.487. The van der Waals surface area contributed by atoms with Gasteiger partial charge in [0.25, 0.3) is 0 Å². The number of amides is 1. The lowest BCUT2D eigenvalue weighted by Crippen LogP contribution is -2.81. The molecule has 0 radical (unpaired) electrons. The zero-order chi connectivity index (χ0) is 26.7. The Kier molecular flexibility index (Phi) is 24.9. The summed E-state index contributed by atoms with van der Waals surface area (Å²) in [5.41, 5.74) is 1.16. The van der Waals surface area contributed by atoms with Crippen molar-refractivity contribution >= 4 is 6.41 Å². The van der Waals surface area contributed by atoms with Crippen LogP contribution in [0.5, 0.6) is 11.5 Å². The number of nitrogens with zero attached hydrogens (tertiary/aromatic N) is 1. The number of ether oxygens (including phenoxy) is 1. The first-order chi connectivity index (χ1) is 17.3. The van der Waals surface area contributed by atoms with E-state index in [4.69, 9.17) is 4.74 Å². The first kappa shape index (κ1) is 34.1. The molecule has 1 aromatic carbocycles. The van der Waals surface area contributed by atoms with Crippen molar-refractivity contribution < 1.29 is 20.0 Å². The van der Waals surface area contributed by atoms with Gasteiger partial charge in [-0.3, -0.25) is 4.79 Å². The van der Waals surface area contributed by atoms with Crippen LogP contribution in [0.25, 0.3) is 0 Å². The monoisotopic (exact) mass is 483 g/mol. The zero-order valence-corrected chi connectivity index (χ0v) is 21.7. The Morgan fingerprint density at radius 3 is 1.86 bits per heavy atom. The highest BCUT2D eigenvalue weighted by molar-refractivity contribution is 5.47. The van der Waals surface area contributed by atoms with Crippen molar-refractivity contribution in [3.8, 4) is 50.0 Å². The van der Waals surface area contributed by atoms with Crippen molar-refractivity contribution in [3.63, 3.8) is 0 Å². The summed E-state index contributed by atoms with van der Waals surface area (Å²) >= 11 is 0. The van der Waals surface area contributed by atoms with Crippen LogP contribution < -0.4 is 10.1 Å². The van der Waals surface area contributed by atoms with E-state index in [0.29, 0.717) is 18.3 Å². The molecule has 2 saturated heterocycles. The van der Waals surface area contributed by atoms with E-state index >= 15 is 0 Å². The first-order valence-corrected chi connectivity index (χ1v) is 12.7. The molecule has 0 unspecified atom stereocenters. The van der Waals surface area contributed by atoms with E-state index in [-0.39, 0.29) is 5.75 Å². The van der Waals surface area contributed by atoms with Gasteiger partial charge in [-0.05, 0) is 32.3 Å². The Balaban J connectivity index is 0. The third-order valence-corrected chi connectivity index (χ3v) is 5.96. The molecule has 5 nitrogen and oxygen atoms in total. The van der Waals surface area contributed by atoms with Crippen molar-refractivity contribution in [1.82, 2.24) is 4.90 Å². The average Bonchev–Trinajstić information content (AvgIpc) is 3.50. The molecule has 3 aliphatic rings.